The van der Waals surface area contributed by atoms with Crippen molar-refractivity contribution in [1.29, 1.82) is 0 Å². The Bertz CT molecular complexity index is 2750. The molecular formula is C48H47ClF2N8O5S2. The van der Waals surface area contributed by atoms with Gasteiger partial charge in [-0.15, -0.1) is 20.4 Å². The molecule has 0 saturated carbocycles. The number of likely N-dealkylation sites (tertiary alicyclic amines) is 2. The summed E-state index contributed by atoms with van der Waals surface area (Å²) in [6.45, 7) is 11.7. The molecule has 18 heteroatoms. The van der Waals surface area contributed by atoms with Gasteiger partial charge in [0.1, 0.15) is 15.8 Å². The quantitative estimate of drug-likeness (QED) is 0.0678. The minimum absolute atomic E-state index is 0.00547. The molecule has 2 fully saturated rings. The van der Waals surface area contributed by atoms with E-state index in [4.69, 9.17) is 16.3 Å². The van der Waals surface area contributed by atoms with Gasteiger partial charge in [-0.25, -0.2) is 8.78 Å². The Labute approximate surface area is 394 Å². The van der Waals surface area contributed by atoms with Crippen LogP contribution in [0.1, 0.15) is 69.7 Å². The van der Waals surface area contributed by atoms with Gasteiger partial charge in [-0.1, -0.05) is 90.1 Å². The third-order valence-corrected chi connectivity index (χ3v) is 14.1. The summed E-state index contributed by atoms with van der Waals surface area (Å²) in [7, 11) is 0. The number of carbonyl (C=O) groups is 4. The Balaban J connectivity index is 0.783. The lowest BCUT2D eigenvalue weighted by Gasteiger charge is -2.39. The molecule has 0 bridgehead atoms. The van der Waals surface area contributed by atoms with Crippen LogP contribution in [0.2, 0.25) is 5.02 Å². The molecule has 0 N–H and O–H groups in total. The van der Waals surface area contributed by atoms with Gasteiger partial charge in [0.25, 0.3) is 11.8 Å². The van der Waals surface area contributed by atoms with Crippen LogP contribution in [-0.4, -0.2) is 93.2 Å². The number of hydrogen-bond acceptors (Lipinski definition) is 13. The number of amides is 2. The normalized spacial score (nSPS) is 14.4. The second-order valence-corrected chi connectivity index (χ2v) is 18.8. The first-order chi connectivity index (χ1) is 31.8. The van der Waals surface area contributed by atoms with Crippen molar-refractivity contribution in [2.45, 2.75) is 53.6 Å². The van der Waals surface area contributed by atoms with Crippen LogP contribution >= 0.6 is 34.3 Å². The number of hydrogen-bond donors (Lipinski definition) is 0. The Hall–Kier alpha value is -5.85. The zero-order chi connectivity index (χ0) is 46.6. The largest absolute Gasteiger partial charge is 0.393 e. The summed E-state index contributed by atoms with van der Waals surface area (Å²) in [6, 6.07) is 22.1. The molecule has 6 aromatic rings. The van der Waals surface area contributed by atoms with Crippen LogP contribution < -0.4 is 9.80 Å². The predicted octanol–water partition coefficient (Wildman–Crippen LogP) is 9.02. The van der Waals surface area contributed by atoms with E-state index in [2.05, 4.69) is 30.2 Å². The average molecular weight is 954 g/mol. The molecule has 0 atom stereocenters. The summed E-state index contributed by atoms with van der Waals surface area (Å²) in [5, 5.41) is 19.1. The van der Waals surface area contributed by atoms with Gasteiger partial charge in [0.2, 0.25) is 10.3 Å². The molecule has 8 rings (SSSR count). The van der Waals surface area contributed by atoms with E-state index in [1.165, 1.54) is 62.8 Å². The van der Waals surface area contributed by atoms with Crippen LogP contribution in [0.5, 0.6) is 0 Å². The standard InChI is InChI=1S/C48H47ClF2N8O5S2/c1-5-7-19-59(43(60)35-11-8-9-14-39(35)50)48-55-53-42(66-48)32-20-28(3)37(29(4)21-32)27-57-25-34(26-57)46(63)64-45(62)33-23-56(24-33)22-30-15-17-31(18-16-30)41-52-54-47(65-41)58(6-2)44(61)36-12-10-13-38(49)40(36)51/h8-18,20-21,33-34H,5-7,19,22-27H2,1-4H3. The monoisotopic (exact) mass is 952 g/mol. The number of halogens is 3. The minimum Gasteiger partial charge on any atom is -0.393 e. The van der Waals surface area contributed by atoms with E-state index in [0.717, 1.165) is 46.2 Å². The van der Waals surface area contributed by atoms with Crippen molar-refractivity contribution in [3.63, 3.8) is 0 Å². The first kappa shape index (κ1) is 46.7. The van der Waals surface area contributed by atoms with E-state index < -0.39 is 35.4 Å². The van der Waals surface area contributed by atoms with Crippen molar-refractivity contribution in [2.24, 2.45) is 11.8 Å². The number of aryl methyl sites for hydroxylation is 2. The summed E-state index contributed by atoms with van der Waals surface area (Å²) >= 11 is 8.41. The molecule has 0 radical (unpaired) electrons. The smallest absolute Gasteiger partial charge is 0.319 e. The van der Waals surface area contributed by atoms with Crippen molar-refractivity contribution < 1.29 is 32.7 Å². The van der Waals surface area contributed by atoms with E-state index in [1.807, 2.05) is 57.2 Å². The summed E-state index contributed by atoms with van der Waals surface area (Å²) < 4.78 is 34.5. The molecule has 66 heavy (non-hydrogen) atoms. The number of ether oxygens (including phenoxy) is 1. The van der Waals surface area contributed by atoms with E-state index in [-0.39, 0.29) is 34.5 Å². The fraction of sp³-hybridized carbons (Fsp3) is 0.333. The number of anilines is 2. The van der Waals surface area contributed by atoms with Crippen molar-refractivity contribution in [3.05, 3.63) is 129 Å². The molecule has 2 amide bonds. The molecule has 0 unspecified atom stereocenters. The first-order valence-corrected chi connectivity index (χ1v) is 23.7. The molecule has 2 saturated heterocycles. The zero-order valence-electron chi connectivity index (χ0n) is 36.8. The second kappa shape index (κ2) is 20.3. The highest BCUT2D eigenvalue weighted by molar-refractivity contribution is 7.19. The predicted molar refractivity (Wildman–Crippen MR) is 251 cm³/mol. The van der Waals surface area contributed by atoms with Gasteiger partial charge in [-0.05, 0) is 85.8 Å². The fourth-order valence-corrected chi connectivity index (χ4v) is 9.95. The molecule has 0 aliphatic carbocycles. The maximum Gasteiger partial charge on any atom is 0.319 e. The van der Waals surface area contributed by atoms with Gasteiger partial charge in [-0.3, -0.25) is 38.8 Å². The second-order valence-electron chi connectivity index (χ2n) is 16.5. The number of nitrogens with zero attached hydrogens (tertiary/aromatic N) is 8. The topological polar surface area (TPSA) is 142 Å². The van der Waals surface area contributed by atoms with Crippen molar-refractivity contribution >= 4 is 68.3 Å². The summed E-state index contributed by atoms with van der Waals surface area (Å²) in [5.74, 6) is -4.11. The van der Waals surface area contributed by atoms with Crippen LogP contribution in [0.4, 0.5) is 19.0 Å². The number of esters is 2. The number of carbonyl (C=O) groups excluding carboxylic acids is 4. The number of benzene rings is 4. The van der Waals surface area contributed by atoms with Gasteiger partial charge < -0.3 is 4.74 Å². The number of unbranched alkanes of at least 4 members (excludes halogenated alkanes) is 1. The summed E-state index contributed by atoms with van der Waals surface area (Å²) in [4.78, 5) is 59.6. The Morgan fingerprint density at radius 2 is 1.27 bits per heavy atom. The Morgan fingerprint density at radius 1 is 0.712 bits per heavy atom. The van der Waals surface area contributed by atoms with Crippen LogP contribution in [0.3, 0.4) is 0 Å². The maximum atomic E-state index is 14.6. The van der Waals surface area contributed by atoms with Crippen molar-refractivity contribution in [1.82, 2.24) is 30.2 Å². The average Bonchev–Trinajstić information content (AvgIpc) is 3.97. The van der Waals surface area contributed by atoms with E-state index in [9.17, 15) is 28.0 Å². The lowest BCUT2D eigenvalue weighted by molar-refractivity contribution is -0.172. The maximum absolute atomic E-state index is 14.6. The Kier molecular flexibility index (Phi) is 14.4. The zero-order valence-corrected chi connectivity index (χ0v) is 39.2. The molecule has 2 aliphatic rings. The van der Waals surface area contributed by atoms with Crippen molar-refractivity contribution in [2.75, 3.05) is 49.1 Å². The van der Waals surface area contributed by atoms with Crippen LogP contribution in [0, 0.1) is 37.3 Å². The lowest BCUT2D eigenvalue weighted by Crippen LogP contribution is -2.53. The van der Waals surface area contributed by atoms with Crippen LogP contribution in [0.15, 0.2) is 78.9 Å². The molecule has 342 valence electrons. The van der Waals surface area contributed by atoms with E-state index in [1.54, 1.807) is 19.1 Å². The Morgan fingerprint density at radius 3 is 1.88 bits per heavy atom. The highest BCUT2D eigenvalue weighted by Crippen LogP contribution is 2.35. The van der Waals surface area contributed by atoms with Gasteiger partial charge in [0.15, 0.2) is 5.82 Å². The van der Waals surface area contributed by atoms with Gasteiger partial charge >= 0.3 is 11.9 Å². The molecule has 13 nitrogen and oxygen atoms in total. The third kappa shape index (κ3) is 10.1. The minimum atomic E-state index is -0.777. The highest BCUT2D eigenvalue weighted by Gasteiger charge is 2.39. The SMILES string of the molecule is CCCCN(C(=O)c1ccccc1F)c1nnc(-c2cc(C)c(CN3CC(C(=O)OC(=O)C4CN(Cc5ccc(-c6nnc(N(CC)C(=O)c7cccc(Cl)c7F)s6)cc5)C4)C3)c(C)c2)s1. The highest BCUT2D eigenvalue weighted by atomic mass is 35.5. The van der Waals surface area contributed by atoms with Gasteiger partial charge in [0, 0.05) is 63.5 Å². The molecule has 0 spiro atoms. The van der Waals surface area contributed by atoms with E-state index >= 15 is 0 Å². The number of rotatable bonds is 16. The first-order valence-electron chi connectivity index (χ1n) is 21.7. The summed E-state index contributed by atoms with van der Waals surface area (Å²) in [6.07, 6.45) is 1.58. The summed E-state index contributed by atoms with van der Waals surface area (Å²) in [5.41, 5.74) is 5.79. The van der Waals surface area contributed by atoms with E-state index in [0.29, 0.717) is 66.1 Å². The van der Waals surface area contributed by atoms with Crippen molar-refractivity contribution in [3.8, 4) is 21.1 Å². The molecule has 2 aliphatic heterocycles. The molecule has 2 aromatic heterocycles. The molecule has 4 aromatic carbocycles. The number of aromatic nitrogens is 4. The van der Waals surface area contributed by atoms with Gasteiger partial charge in [0.05, 0.1) is 28.0 Å². The van der Waals surface area contributed by atoms with Crippen LogP contribution in [0.25, 0.3) is 21.1 Å². The van der Waals surface area contributed by atoms with Crippen LogP contribution in [-0.2, 0) is 27.4 Å². The third-order valence-electron chi connectivity index (χ3n) is 11.8. The lowest BCUT2D eigenvalue weighted by atomic mass is 9.95. The van der Waals surface area contributed by atoms with Gasteiger partial charge in [-0.2, -0.15) is 0 Å². The molecular weight excluding hydrogens is 906 g/mol. The molecule has 4 heterocycles. The fourth-order valence-electron chi connectivity index (χ4n) is 8.01.